The molecule has 2 N–H and O–H groups in total. The molecule has 2 aromatic carbocycles. The number of benzene rings is 2. The van der Waals surface area contributed by atoms with Crippen LogP contribution in [0.15, 0.2) is 53.4 Å². The first kappa shape index (κ1) is 19.8. The van der Waals surface area contributed by atoms with E-state index in [1.54, 1.807) is 12.1 Å². The second kappa shape index (κ2) is 7.42. The first-order valence-corrected chi connectivity index (χ1v) is 11.1. The van der Waals surface area contributed by atoms with E-state index in [0.29, 0.717) is 18.7 Å². The van der Waals surface area contributed by atoms with Crippen molar-refractivity contribution in [3.8, 4) is 5.75 Å². The summed E-state index contributed by atoms with van der Waals surface area (Å²) in [7, 11) is -3.59. The standard InChI is InChI=1S/C21H23FN2O4S/c22-16-3-7-19(8-4-16)29(27,28)24-13-21(14-24)11-9-17(10-12-21)23-20(26)15-1-5-18(25)6-2-15/h1-8,17,25H,9-14H2,(H,23,26). The molecule has 29 heavy (non-hydrogen) atoms. The maximum Gasteiger partial charge on any atom is 0.251 e. The van der Waals surface area contributed by atoms with Gasteiger partial charge in [0.15, 0.2) is 0 Å². The van der Waals surface area contributed by atoms with E-state index in [0.717, 1.165) is 37.8 Å². The van der Waals surface area contributed by atoms with E-state index in [1.807, 2.05) is 0 Å². The Kier molecular flexibility index (Phi) is 5.08. The van der Waals surface area contributed by atoms with Crippen LogP contribution >= 0.6 is 0 Å². The number of nitrogens with one attached hydrogen (secondary N) is 1. The van der Waals surface area contributed by atoms with Crippen LogP contribution in [0.5, 0.6) is 5.75 Å². The second-order valence-electron chi connectivity index (χ2n) is 8.02. The third kappa shape index (κ3) is 4.00. The van der Waals surface area contributed by atoms with Crippen LogP contribution in [-0.2, 0) is 10.0 Å². The lowest BCUT2D eigenvalue weighted by Gasteiger charge is -2.52. The summed E-state index contributed by atoms with van der Waals surface area (Å²) in [5, 5.41) is 12.3. The molecule has 1 aliphatic heterocycles. The van der Waals surface area contributed by atoms with Crippen LogP contribution in [0.3, 0.4) is 0 Å². The van der Waals surface area contributed by atoms with Gasteiger partial charge < -0.3 is 10.4 Å². The molecule has 0 aromatic heterocycles. The monoisotopic (exact) mass is 418 g/mol. The predicted octanol–water partition coefficient (Wildman–Crippen LogP) is 2.89. The minimum Gasteiger partial charge on any atom is -0.508 e. The van der Waals surface area contributed by atoms with Crippen molar-refractivity contribution in [1.82, 2.24) is 9.62 Å². The maximum atomic E-state index is 13.1. The van der Waals surface area contributed by atoms with Gasteiger partial charge in [-0.15, -0.1) is 0 Å². The number of carbonyl (C=O) groups is 1. The van der Waals surface area contributed by atoms with E-state index < -0.39 is 15.8 Å². The molecule has 154 valence electrons. The molecule has 2 aliphatic rings. The molecule has 1 saturated heterocycles. The average molecular weight is 418 g/mol. The molecular formula is C21H23FN2O4S. The van der Waals surface area contributed by atoms with Crippen LogP contribution in [0, 0.1) is 11.2 Å². The summed E-state index contributed by atoms with van der Waals surface area (Å²) in [6.07, 6.45) is 3.30. The largest absolute Gasteiger partial charge is 0.508 e. The van der Waals surface area contributed by atoms with Crippen LogP contribution < -0.4 is 5.32 Å². The molecule has 1 spiro atoms. The lowest BCUT2D eigenvalue weighted by molar-refractivity contribution is 0.0216. The van der Waals surface area contributed by atoms with E-state index >= 15 is 0 Å². The third-order valence-electron chi connectivity index (χ3n) is 5.99. The van der Waals surface area contributed by atoms with Gasteiger partial charge in [0.25, 0.3) is 5.91 Å². The molecule has 1 amide bonds. The minimum absolute atomic E-state index is 0.0349. The van der Waals surface area contributed by atoms with Gasteiger partial charge in [-0.1, -0.05) is 0 Å². The fraction of sp³-hybridized carbons (Fsp3) is 0.381. The number of amides is 1. The Bertz CT molecular complexity index is 990. The summed E-state index contributed by atoms with van der Waals surface area (Å²) < 4.78 is 39.9. The minimum atomic E-state index is -3.59. The fourth-order valence-corrected chi connectivity index (χ4v) is 5.87. The summed E-state index contributed by atoms with van der Waals surface area (Å²) in [6, 6.07) is 11.1. The van der Waals surface area contributed by atoms with Gasteiger partial charge in [0.05, 0.1) is 4.90 Å². The number of hydrogen-bond donors (Lipinski definition) is 2. The lowest BCUT2D eigenvalue weighted by atomic mass is 9.68. The number of phenols is 1. The highest BCUT2D eigenvalue weighted by Crippen LogP contribution is 2.45. The molecule has 8 heteroatoms. The number of sulfonamides is 1. The number of carbonyl (C=O) groups excluding carboxylic acids is 1. The van der Waals surface area contributed by atoms with Crippen molar-refractivity contribution in [1.29, 1.82) is 0 Å². The Morgan fingerprint density at radius 2 is 1.62 bits per heavy atom. The van der Waals surface area contributed by atoms with Gasteiger partial charge in [-0.05, 0) is 79.6 Å². The van der Waals surface area contributed by atoms with Crippen LogP contribution in [0.25, 0.3) is 0 Å². The van der Waals surface area contributed by atoms with Crippen LogP contribution in [0.1, 0.15) is 36.0 Å². The Balaban J connectivity index is 1.31. The van der Waals surface area contributed by atoms with Crippen molar-refractivity contribution in [2.24, 2.45) is 5.41 Å². The van der Waals surface area contributed by atoms with Gasteiger partial charge in [-0.25, -0.2) is 12.8 Å². The van der Waals surface area contributed by atoms with E-state index in [9.17, 15) is 22.7 Å². The normalized spacial score (nSPS) is 19.6. The molecule has 1 aliphatic carbocycles. The van der Waals surface area contributed by atoms with Gasteiger partial charge >= 0.3 is 0 Å². The van der Waals surface area contributed by atoms with Gasteiger partial charge in [0, 0.05) is 24.7 Å². The first-order valence-electron chi connectivity index (χ1n) is 9.63. The highest BCUT2D eigenvalue weighted by molar-refractivity contribution is 7.89. The molecule has 0 atom stereocenters. The topological polar surface area (TPSA) is 86.7 Å². The molecule has 4 rings (SSSR count). The number of aromatic hydroxyl groups is 1. The molecule has 2 aromatic rings. The molecule has 0 radical (unpaired) electrons. The average Bonchev–Trinajstić information content (AvgIpc) is 2.67. The zero-order chi connectivity index (χ0) is 20.6. The van der Waals surface area contributed by atoms with Crippen molar-refractivity contribution >= 4 is 15.9 Å². The number of rotatable bonds is 4. The third-order valence-corrected chi connectivity index (χ3v) is 7.79. The summed E-state index contributed by atoms with van der Waals surface area (Å²) in [6.45, 7) is 0.927. The van der Waals surface area contributed by atoms with E-state index in [2.05, 4.69) is 5.32 Å². The molecule has 0 bridgehead atoms. The second-order valence-corrected chi connectivity index (χ2v) is 9.96. The fourth-order valence-electron chi connectivity index (χ4n) is 4.20. The zero-order valence-electron chi connectivity index (χ0n) is 15.8. The van der Waals surface area contributed by atoms with Crippen molar-refractivity contribution in [2.75, 3.05) is 13.1 Å². The summed E-state index contributed by atoms with van der Waals surface area (Å²) >= 11 is 0. The van der Waals surface area contributed by atoms with Gasteiger partial charge in [-0.3, -0.25) is 4.79 Å². The number of halogens is 1. The summed E-state index contributed by atoms with van der Waals surface area (Å²) in [4.78, 5) is 12.4. The van der Waals surface area contributed by atoms with Crippen LogP contribution in [0.4, 0.5) is 4.39 Å². The smallest absolute Gasteiger partial charge is 0.251 e. The Hall–Kier alpha value is -2.45. The molecular weight excluding hydrogens is 395 g/mol. The van der Waals surface area contributed by atoms with Crippen molar-refractivity contribution < 1.29 is 22.7 Å². The number of hydrogen-bond acceptors (Lipinski definition) is 4. The van der Waals surface area contributed by atoms with E-state index in [4.69, 9.17) is 0 Å². The SMILES string of the molecule is O=C(NC1CCC2(CC1)CN(S(=O)(=O)c1ccc(F)cc1)C2)c1ccc(O)cc1. The van der Waals surface area contributed by atoms with E-state index in [-0.39, 0.29) is 28.0 Å². The Labute approximate surface area is 169 Å². The predicted molar refractivity (Wildman–Crippen MR) is 105 cm³/mol. The maximum absolute atomic E-state index is 13.1. The summed E-state index contributed by atoms with van der Waals surface area (Å²) in [5.41, 5.74) is 0.468. The Morgan fingerprint density at radius 1 is 1.03 bits per heavy atom. The highest BCUT2D eigenvalue weighted by atomic mass is 32.2. The van der Waals surface area contributed by atoms with Crippen molar-refractivity contribution in [2.45, 2.75) is 36.6 Å². The van der Waals surface area contributed by atoms with Crippen LogP contribution in [-0.4, -0.2) is 42.9 Å². The Morgan fingerprint density at radius 3 is 2.21 bits per heavy atom. The molecule has 0 unspecified atom stereocenters. The van der Waals surface area contributed by atoms with Crippen LogP contribution in [0.2, 0.25) is 0 Å². The van der Waals surface area contributed by atoms with E-state index in [1.165, 1.54) is 28.6 Å². The van der Waals surface area contributed by atoms with Gasteiger partial charge in [-0.2, -0.15) is 4.31 Å². The van der Waals surface area contributed by atoms with Gasteiger partial charge in [0.1, 0.15) is 11.6 Å². The van der Waals surface area contributed by atoms with Crippen molar-refractivity contribution in [3.05, 3.63) is 59.9 Å². The summed E-state index contributed by atoms with van der Waals surface area (Å²) in [5.74, 6) is -0.511. The molecule has 1 heterocycles. The molecule has 6 nitrogen and oxygen atoms in total. The first-order chi connectivity index (χ1) is 13.8. The van der Waals surface area contributed by atoms with Crippen molar-refractivity contribution in [3.63, 3.8) is 0 Å². The number of nitrogens with zero attached hydrogens (tertiary/aromatic N) is 1. The van der Waals surface area contributed by atoms with Gasteiger partial charge in [0.2, 0.25) is 10.0 Å². The molecule has 1 saturated carbocycles. The lowest BCUT2D eigenvalue weighted by Crippen LogP contribution is -2.60. The zero-order valence-corrected chi connectivity index (χ0v) is 16.7. The highest BCUT2D eigenvalue weighted by Gasteiger charge is 2.49. The molecule has 2 fully saturated rings. The quantitative estimate of drug-likeness (QED) is 0.799. The number of phenolic OH excluding ortho intramolecular Hbond substituents is 1.